The quantitative estimate of drug-likeness (QED) is 0.701. The lowest BCUT2D eigenvalue weighted by Gasteiger charge is -2.09. The molecule has 1 N–H and O–H groups in total. The first-order chi connectivity index (χ1) is 11.6. The van der Waals surface area contributed by atoms with Gasteiger partial charge in [-0.15, -0.1) is 0 Å². The number of unbranched alkanes of at least 4 members (excludes halogenated alkanes) is 1. The molecule has 0 unspecified atom stereocenters. The molecule has 24 heavy (non-hydrogen) atoms. The molecule has 0 aliphatic heterocycles. The van der Waals surface area contributed by atoms with Crippen molar-refractivity contribution in [2.75, 3.05) is 0 Å². The summed E-state index contributed by atoms with van der Waals surface area (Å²) in [6.07, 6.45) is 2.92. The van der Waals surface area contributed by atoms with Gasteiger partial charge in [0.25, 0.3) is 0 Å². The van der Waals surface area contributed by atoms with E-state index in [1.165, 1.54) is 5.56 Å². The number of benzene rings is 2. The standard InChI is InChI=1S/C21H24N2O/c1-4-5-9-19-21(24)20(17-13-11-15(2)12-14-17)22-23(19)18-10-7-6-8-16(18)3/h6-8,10-14,24H,4-5,9H2,1-3H3. The van der Waals surface area contributed by atoms with Crippen LogP contribution in [-0.4, -0.2) is 14.9 Å². The number of rotatable bonds is 5. The number of aromatic nitrogens is 2. The average molecular weight is 320 g/mol. The fourth-order valence-corrected chi connectivity index (χ4v) is 2.92. The van der Waals surface area contributed by atoms with E-state index in [0.717, 1.165) is 41.8 Å². The molecule has 1 heterocycles. The molecule has 124 valence electrons. The van der Waals surface area contributed by atoms with Crippen molar-refractivity contribution in [3.8, 4) is 22.7 Å². The lowest BCUT2D eigenvalue weighted by molar-refractivity contribution is 0.467. The summed E-state index contributed by atoms with van der Waals surface area (Å²) in [6, 6.07) is 16.3. The van der Waals surface area contributed by atoms with Crippen molar-refractivity contribution in [3.63, 3.8) is 0 Å². The molecule has 0 aliphatic rings. The van der Waals surface area contributed by atoms with E-state index in [1.807, 2.05) is 41.1 Å². The highest BCUT2D eigenvalue weighted by molar-refractivity contribution is 5.68. The molecule has 0 spiro atoms. The Labute approximate surface area is 143 Å². The van der Waals surface area contributed by atoms with Crippen molar-refractivity contribution in [2.45, 2.75) is 40.0 Å². The van der Waals surface area contributed by atoms with Crippen LogP contribution in [0.3, 0.4) is 0 Å². The minimum atomic E-state index is 0.301. The summed E-state index contributed by atoms with van der Waals surface area (Å²) in [7, 11) is 0. The van der Waals surface area contributed by atoms with Gasteiger partial charge in [-0.05, 0) is 38.3 Å². The minimum Gasteiger partial charge on any atom is -0.504 e. The van der Waals surface area contributed by atoms with Crippen LogP contribution in [0, 0.1) is 13.8 Å². The largest absolute Gasteiger partial charge is 0.504 e. The van der Waals surface area contributed by atoms with E-state index < -0.39 is 0 Å². The van der Waals surface area contributed by atoms with Crippen LogP contribution in [0.4, 0.5) is 0 Å². The van der Waals surface area contributed by atoms with Gasteiger partial charge in [0.05, 0.1) is 11.4 Å². The molecule has 0 saturated heterocycles. The maximum Gasteiger partial charge on any atom is 0.165 e. The monoisotopic (exact) mass is 320 g/mol. The summed E-state index contributed by atoms with van der Waals surface area (Å²) in [5, 5.41) is 15.6. The van der Waals surface area contributed by atoms with Crippen LogP contribution in [0.1, 0.15) is 36.6 Å². The molecule has 0 amide bonds. The van der Waals surface area contributed by atoms with Crippen LogP contribution in [0.5, 0.6) is 5.75 Å². The lowest BCUT2D eigenvalue weighted by atomic mass is 10.1. The van der Waals surface area contributed by atoms with Gasteiger partial charge in [-0.2, -0.15) is 5.10 Å². The van der Waals surface area contributed by atoms with Crippen molar-refractivity contribution in [1.29, 1.82) is 0 Å². The van der Waals surface area contributed by atoms with Gasteiger partial charge in [0, 0.05) is 5.56 Å². The first-order valence-corrected chi connectivity index (χ1v) is 8.55. The van der Waals surface area contributed by atoms with Crippen molar-refractivity contribution in [2.24, 2.45) is 0 Å². The minimum absolute atomic E-state index is 0.301. The third-order valence-corrected chi connectivity index (χ3v) is 4.39. The van der Waals surface area contributed by atoms with Gasteiger partial charge < -0.3 is 5.11 Å². The number of aromatic hydroxyl groups is 1. The van der Waals surface area contributed by atoms with Crippen molar-refractivity contribution in [3.05, 3.63) is 65.4 Å². The first-order valence-electron chi connectivity index (χ1n) is 8.55. The SMILES string of the molecule is CCCCc1c(O)c(-c2ccc(C)cc2)nn1-c1ccccc1C. The molecule has 0 radical (unpaired) electrons. The lowest BCUT2D eigenvalue weighted by Crippen LogP contribution is -2.04. The zero-order valence-electron chi connectivity index (χ0n) is 14.6. The second-order valence-electron chi connectivity index (χ2n) is 6.31. The Balaban J connectivity index is 2.15. The number of hydrogen-bond donors (Lipinski definition) is 1. The highest BCUT2D eigenvalue weighted by Gasteiger charge is 2.19. The maximum absolute atomic E-state index is 10.8. The summed E-state index contributed by atoms with van der Waals surface area (Å²) in [4.78, 5) is 0. The molecule has 1 aromatic heterocycles. The Hall–Kier alpha value is -2.55. The van der Waals surface area contributed by atoms with Crippen LogP contribution in [0.2, 0.25) is 0 Å². The number of hydrogen-bond acceptors (Lipinski definition) is 2. The van der Waals surface area contributed by atoms with E-state index in [9.17, 15) is 5.11 Å². The van der Waals surface area contributed by atoms with E-state index in [-0.39, 0.29) is 0 Å². The van der Waals surface area contributed by atoms with E-state index in [0.29, 0.717) is 11.4 Å². The second kappa shape index (κ2) is 6.91. The average Bonchev–Trinajstić information content (AvgIpc) is 2.91. The van der Waals surface area contributed by atoms with Crippen LogP contribution in [0.15, 0.2) is 48.5 Å². The van der Waals surface area contributed by atoms with E-state index in [2.05, 4.69) is 32.9 Å². The third-order valence-electron chi connectivity index (χ3n) is 4.39. The Morgan fingerprint density at radius 2 is 1.71 bits per heavy atom. The highest BCUT2D eigenvalue weighted by atomic mass is 16.3. The van der Waals surface area contributed by atoms with Gasteiger partial charge in [0.1, 0.15) is 5.69 Å². The molecule has 3 heteroatoms. The smallest absolute Gasteiger partial charge is 0.165 e. The van der Waals surface area contributed by atoms with Gasteiger partial charge in [0.2, 0.25) is 0 Å². The van der Waals surface area contributed by atoms with Crippen molar-refractivity contribution in [1.82, 2.24) is 9.78 Å². The van der Waals surface area contributed by atoms with Crippen molar-refractivity contribution < 1.29 is 5.11 Å². The van der Waals surface area contributed by atoms with Gasteiger partial charge in [-0.1, -0.05) is 61.4 Å². The molecule has 3 nitrogen and oxygen atoms in total. The van der Waals surface area contributed by atoms with Gasteiger partial charge in [-0.25, -0.2) is 4.68 Å². The van der Waals surface area contributed by atoms with Crippen LogP contribution < -0.4 is 0 Å². The first kappa shape index (κ1) is 16.3. The molecule has 0 atom stereocenters. The van der Waals surface area contributed by atoms with Crippen LogP contribution in [0.25, 0.3) is 16.9 Å². The summed E-state index contributed by atoms with van der Waals surface area (Å²) in [5.74, 6) is 0.301. The van der Waals surface area contributed by atoms with E-state index >= 15 is 0 Å². The number of nitrogens with zero attached hydrogens (tertiary/aromatic N) is 2. The Morgan fingerprint density at radius 3 is 2.38 bits per heavy atom. The molecule has 0 bridgehead atoms. The summed E-state index contributed by atoms with van der Waals surface area (Å²) in [5.41, 5.74) is 5.86. The topological polar surface area (TPSA) is 38.1 Å². The zero-order valence-corrected chi connectivity index (χ0v) is 14.6. The molecule has 0 aliphatic carbocycles. The molecule has 3 rings (SSSR count). The summed E-state index contributed by atoms with van der Waals surface area (Å²) >= 11 is 0. The predicted molar refractivity (Wildman–Crippen MR) is 98.8 cm³/mol. The molecule has 3 aromatic rings. The molecule has 0 fully saturated rings. The number of aryl methyl sites for hydroxylation is 2. The molecular weight excluding hydrogens is 296 g/mol. The summed E-state index contributed by atoms with van der Waals surface area (Å²) in [6.45, 7) is 6.29. The summed E-state index contributed by atoms with van der Waals surface area (Å²) < 4.78 is 1.91. The molecular formula is C21H24N2O. The van der Waals surface area contributed by atoms with Crippen molar-refractivity contribution >= 4 is 0 Å². The molecule has 0 saturated carbocycles. The van der Waals surface area contributed by atoms with Gasteiger partial charge in [0.15, 0.2) is 5.75 Å². The Kier molecular flexibility index (Phi) is 4.70. The zero-order chi connectivity index (χ0) is 17.1. The number of para-hydroxylation sites is 1. The Bertz CT molecular complexity index is 832. The van der Waals surface area contributed by atoms with E-state index in [4.69, 9.17) is 5.10 Å². The fourth-order valence-electron chi connectivity index (χ4n) is 2.92. The second-order valence-corrected chi connectivity index (χ2v) is 6.31. The van der Waals surface area contributed by atoms with Crippen LogP contribution >= 0.6 is 0 Å². The van der Waals surface area contributed by atoms with Gasteiger partial charge >= 0.3 is 0 Å². The van der Waals surface area contributed by atoms with E-state index in [1.54, 1.807) is 0 Å². The molecule has 2 aromatic carbocycles. The third kappa shape index (κ3) is 3.07. The normalized spacial score (nSPS) is 11.0. The predicted octanol–water partition coefficient (Wildman–Crippen LogP) is 5.20. The fraction of sp³-hybridized carbons (Fsp3) is 0.286. The van der Waals surface area contributed by atoms with Gasteiger partial charge in [-0.3, -0.25) is 0 Å². The maximum atomic E-state index is 10.8. The Morgan fingerprint density at radius 1 is 1.00 bits per heavy atom. The van der Waals surface area contributed by atoms with Crippen LogP contribution in [-0.2, 0) is 6.42 Å². The highest BCUT2D eigenvalue weighted by Crippen LogP contribution is 2.34.